The smallest absolute Gasteiger partial charge is 0.240 e. The maximum Gasteiger partial charge on any atom is 0.240 e. The molecule has 0 saturated carbocycles. The van der Waals surface area contributed by atoms with Gasteiger partial charge in [0.2, 0.25) is 5.91 Å². The van der Waals surface area contributed by atoms with Gasteiger partial charge in [-0.2, -0.15) is 5.10 Å². The molecule has 1 fully saturated rings. The zero-order valence-electron chi connectivity index (χ0n) is 12.1. The lowest BCUT2D eigenvalue weighted by molar-refractivity contribution is -0.121. The van der Waals surface area contributed by atoms with E-state index >= 15 is 0 Å². The van der Waals surface area contributed by atoms with Gasteiger partial charge in [0.1, 0.15) is 5.75 Å². The van der Waals surface area contributed by atoms with Crippen molar-refractivity contribution in [1.29, 1.82) is 0 Å². The van der Waals surface area contributed by atoms with Gasteiger partial charge in [0, 0.05) is 18.4 Å². The summed E-state index contributed by atoms with van der Waals surface area (Å²) in [6.45, 7) is 0.534. The monoisotopic (exact) mass is 322 g/mol. The molecule has 0 spiro atoms. The minimum Gasteiger partial charge on any atom is -0.492 e. The van der Waals surface area contributed by atoms with E-state index in [9.17, 15) is 13.2 Å². The van der Waals surface area contributed by atoms with Crippen LogP contribution in [0.5, 0.6) is 5.75 Å². The maximum atomic E-state index is 11.9. The number of para-hydroxylation sites is 1. The van der Waals surface area contributed by atoms with Crippen molar-refractivity contribution >= 4 is 21.5 Å². The Hall–Kier alpha value is -1.89. The van der Waals surface area contributed by atoms with Crippen LogP contribution in [0.1, 0.15) is 24.8 Å². The van der Waals surface area contributed by atoms with Crippen molar-refractivity contribution in [2.75, 3.05) is 18.1 Å². The molecule has 7 heteroatoms. The SMILES string of the molecule is O=C(C[C@H]1CCS(=O)(=O)C1)N/N=C1/CCOc2ccccc21. The second-order valence-electron chi connectivity index (χ2n) is 5.66. The van der Waals surface area contributed by atoms with Gasteiger partial charge in [0.15, 0.2) is 9.84 Å². The van der Waals surface area contributed by atoms with E-state index in [2.05, 4.69) is 10.5 Å². The number of carbonyl (C=O) groups excluding carboxylic acids is 1. The molecule has 118 valence electrons. The minimum atomic E-state index is -2.95. The molecule has 3 rings (SSSR count). The third kappa shape index (κ3) is 3.47. The summed E-state index contributed by atoms with van der Waals surface area (Å²) in [5, 5.41) is 4.19. The molecule has 6 nitrogen and oxygen atoms in total. The van der Waals surface area contributed by atoms with Gasteiger partial charge < -0.3 is 4.74 Å². The number of benzene rings is 1. The van der Waals surface area contributed by atoms with Crippen molar-refractivity contribution in [3.8, 4) is 5.75 Å². The summed E-state index contributed by atoms with van der Waals surface area (Å²) < 4.78 is 28.3. The van der Waals surface area contributed by atoms with Crippen LogP contribution in [-0.4, -0.2) is 38.1 Å². The van der Waals surface area contributed by atoms with E-state index in [-0.39, 0.29) is 29.8 Å². The predicted octanol–water partition coefficient (Wildman–Crippen LogP) is 1.11. The number of nitrogens with one attached hydrogen (secondary N) is 1. The highest BCUT2D eigenvalue weighted by Gasteiger charge is 2.29. The maximum absolute atomic E-state index is 11.9. The number of ether oxygens (including phenoxy) is 1. The van der Waals surface area contributed by atoms with Crippen LogP contribution >= 0.6 is 0 Å². The standard InChI is InChI=1S/C15H18N2O4S/c18-15(9-11-6-8-22(19,20)10-11)17-16-13-5-7-21-14-4-2-1-3-12(13)14/h1-4,11H,5-10H2,(H,17,18)/b16-13-/t11-/m1/s1. The van der Waals surface area contributed by atoms with Crippen molar-refractivity contribution < 1.29 is 17.9 Å². The highest BCUT2D eigenvalue weighted by atomic mass is 32.2. The van der Waals surface area contributed by atoms with E-state index in [1.165, 1.54) is 0 Å². The lowest BCUT2D eigenvalue weighted by Crippen LogP contribution is -2.25. The Balaban J connectivity index is 1.61. The molecule has 1 amide bonds. The summed E-state index contributed by atoms with van der Waals surface area (Å²) in [7, 11) is -2.95. The van der Waals surface area contributed by atoms with E-state index in [4.69, 9.17) is 4.74 Å². The summed E-state index contributed by atoms with van der Waals surface area (Å²) >= 11 is 0. The molecule has 0 aromatic heterocycles. The van der Waals surface area contributed by atoms with E-state index in [0.717, 1.165) is 17.0 Å². The summed E-state index contributed by atoms with van der Waals surface area (Å²) in [5.41, 5.74) is 4.22. The van der Waals surface area contributed by atoms with Crippen LogP contribution in [-0.2, 0) is 14.6 Å². The van der Waals surface area contributed by atoms with Gasteiger partial charge in [-0.05, 0) is 24.5 Å². The molecule has 1 atom stereocenters. The highest BCUT2D eigenvalue weighted by Crippen LogP contribution is 2.24. The lowest BCUT2D eigenvalue weighted by atomic mass is 10.0. The van der Waals surface area contributed by atoms with Crippen LogP contribution < -0.4 is 10.2 Å². The first-order valence-electron chi connectivity index (χ1n) is 7.31. The van der Waals surface area contributed by atoms with E-state index in [0.29, 0.717) is 19.4 Å². The van der Waals surface area contributed by atoms with Crippen molar-refractivity contribution in [1.82, 2.24) is 5.43 Å². The number of amides is 1. The molecular formula is C15H18N2O4S. The first-order chi connectivity index (χ1) is 10.5. The Bertz CT molecular complexity index is 712. The fourth-order valence-corrected chi connectivity index (χ4v) is 4.67. The number of hydrazone groups is 1. The average molecular weight is 322 g/mol. The number of hydrogen-bond donors (Lipinski definition) is 1. The van der Waals surface area contributed by atoms with Crippen molar-refractivity contribution in [2.45, 2.75) is 19.3 Å². The van der Waals surface area contributed by atoms with Gasteiger partial charge in [-0.15, -0.1) is 0 Å². The quantitative estimate of drug-likeness (QED) is 0.845. The van der Waals surface area contributed by atoms with Gasteiger partial charge in [-0.25, -0.2) is 13.8 Å². The lowest BCUT2D eigenvalue weighted by Gasteiger charge is -2.18. The third-order valence-electron chi connectivity index (χ3n) is 3.91. The molecule has 1 saturated heterocycles. The summed E-state index contributed by atoms with van der Waals surface area (Å²) in [6.07, 6.45) is 1.40. The van der Waals surface area contributed by atoms with Gasteiger partial charge in [0.05, 0.1) is 23.8 Å². The van der Waals surface area contributed by atoms with E-state index < -0.39 is 9.84 Å². The highest BCUT2D eigenvalue weighted by molar-refractivity contribution is 7.91. The fraction of sp³-hybridized carbons (Fsp3) is 0.467. The largest absolute Gasteiger partial charge is 0.492 e. The number of hydrogen-bond acceptors (Lipinski definition) is 5. The van der Waals surface area contributed by atoms with Crippen LogP contribution in [0.15, 0.2) is 29.4 Å². The molecule has 22 heavy (non-hydrogen) atoms. The Labute approximate surface area is 129 Å². The molecule has 2 aliphatic heterocycles. The average Bonchev–Trinajstić information content (AvgIpc) is 2.84. The van der Waals surface area contributed by atoms with Crippen LogP contribution in [0.2, 0.25) is 0 Å². The van der Waals surface area contributed by atoms with Crippen molar-refractivity contribution in [2.24, 2.45) is 11.0 Å². The Morgan fingerprint density at radius 3 is 2.95 bits per heavy atom. The molecule has 0 unspecified atom stereocenters. The van der Waals surface area contributed by atoms with Crippen LogP contribution in [0, 0.1) is 5.92 Å². The number of sulfone groups is 1. The van der Waals surface area contributed by atoms with Crippen LogP contribution in [0.4, 0.5) is 0 Å². The first kappa shape index (κ1) is 15.0. The van der Waals surface area contributed by atoms with Crippen LogP contribution in [0.3, 0.4) is 0 Å². The van der Waals surface area contributed by atoms with E-state index in [1.807, 2.05) is 24.3 Å². The molecule has 1 N–H and O–H groups in total. The third-order valence-corrected chi connectivity index (χ3v) is 5.75. The minimum absolute atomic E-state index is 0.0906. The number of rotatable bonds is 3. The molecule has 1 aromatic rings. The number of carbonyl (C=O) groups is 1. The number of nitrogens with zero attached hydrogens (tertiary/aromatic N) is 1. The van der Waals surface area contributed by atoms with Gasteiger partial charge >= 0.3 is 0 Å². The van der Waals surface area contributed by atoms with Gasteiger partial charge in [-0.1, -0.05) is 12.1 Å². The Kier molecular flexibility index (Phi) is 4.15. The first-order valence-corrected chi connectivity index (χ1v) is 9.14. The topological polar surface area (TPSA) is 84.8 Å². The molecule has 0 bridgehead atoms. The zero-order valence-corrected chi connectivity index (χ0v) is 12.9. The summed E-state index contributed by atoms with van der Waals surface area (Å²) in [4.78, 5) is 11.9. The zero-order chi connectivity index (χ0) is 15.6. The molecule has 2 heterocycles. The predicted molar refractivity (Wildman–Crippen MR) is 82.6 cm³/mol. The summed E-state index contributed by atoms with van der Waals surface area (Å²) in [6, 6.07) is 7.56. The normalized spacial score (nSPS) is 24.5. The fourth-order valence-electron chi connectivity index (χ4n) is 2.81. The molecular weight excluding hydrogens is 304 g/mol. The van der Waals surface area contributed by atoms with Gasteiger partial charge in [-0.3, -0.25) is 4.79 Å². The Morgan fingerprint density at radius 2 is 2.18 bits per heavy atom. The Morgan fingerprint density at radius 1 is 1.36 bits per heavy atom. The van der Waals surface area contributed by atoms with Crippen LogP contribution in [0.25, 0.3) is 0 Å². The summed E-state index contributed by atoms with van der Waals surface area (Å²) in [5.74, 6) is 0.729. The van der Waals surface area contributed by atoms with Crippen molar-refractivity contribution in [3.63, 3.8) is 0 Å². The second-order valence-corrected chi connectivity index (χ2v) is 7.89. The molecule has 0 radical (unpaired) electrons. The van der Waals surface area contributed by atoms with Gasteiger partial charge in [0.25, 0.3) is 0 Å². The van der Waals surface area contributed by atoms with E-state index in [1.54, 1.807) is 0 Å². The molecule has 0 aliphatic carbocycles. The van der Waals surface area contributed by atoms with Crippen molar-refractivity contribution in [3.05, 3.63) is 29.8 Å². The second kappa shape index (κ2) is 6.08. The molecule has 2 aliphatic rings. The number of fused-ring (bicyclic) bond motifs is 1. The molecule has 1 aromatic carbocycles.